The van der Waals surface area contributed by atoms with E-state index in [0.29, 0.717) is 9.49 Å². The summed E-state index contributed by atoms with van der Waals surface area (Å²) in [5.74, 6) is 1.32. The molecule has 1 fully saturated rings. The highest BCUT2D eigenvalue weighted by Crippen LogP contribution is 2.57. The van der Waals surface area contributed by atoms with Crippen molar-refractivity contribution >= 4 is 23.5 Å². The Morgan fingerprint density at radius 1 is 1.42 bits per heavy atom. The Labute approximate surface area is 126 Å². The molecular weight excluding hydrogens is 272 g/mol. The van der Waals surface area contributed by atoms with E-state index in [2.05, 4.69) is 67.0 Å². The maximum Gasteiger partial charge on any atom is 0.0945 e. The van der Waals surface area contributed by atoms with Crippen LogP contribution in [0.2, 0.25) is 0 Å². The largest absolute Gasteiger partial charge is 0.337 e. The monoisotopic (exact) mass is 298 g/mol. The Balaban J connectivity index is 1.98. The first-order chi connectivity index (χ1) is 8.93. The first kappa shape index (κ1) is 15.3. The number of nitrogens with zero attached hydrogens (tertiary/aromatic N) is 2. The standard InChI is InChI=1S/C15H26N2S2/c1-13-6-11-18-15(19-13,14(2,3)4)7-5-9-17-10-8-16-12-17/h8,10,12-13H,5-7,9,11H2,1-4H3. The lowest BCUT2D eigenvalue weighted by Crippen LogP contribution is -2.41. The summed E-state index contributed by atoms with van der Waals surface area (Å²) in [5.41, 5.74) is 0.353. The van der Waals surface area contributed by atoms with Gasteiger partial charge in [0, 0.05) is 24.2 Å². The van der Waals surface area contributed by atoms with E-state index in [0.717, 1.165) is 11.8 Å². The van der Waals surface area contributed by atoms with Crippen molar-refractivity contribution in [2.75, 3.05) is 5.75 Å². The maximum atomic E-state index is 4.12. The van der Waals surface area contributed by atoms with Crippen molar-refractivity contribution < 1.29 is 0 Å². The van der Waals surface area contributed by atoms with Crippen LogP contribution >= 0.6 is 23.5 Å². The topological polar surface area (TPSA) is 17.8 Å². The van der Waals surface area contributed by atoms with Gasteiger partial charge in [-0.2, -0.15) is 0 Å². The molecule has 2 unspecified atom stereocenters. The van der Waals surface area contributed by atoms with Crippen LogP contribution < -0.4 is 0 Å². The number of aromatic nitrogens is 2. The molecule has 4 heteroatoms. The minimum Gasteiger partial charge on any atom is -0.337 e. The average Bonchev–Trinajstić information content (AvgIpc) is 2.80. The number of aryl methyl sites for hydroxylation is 1. The molecule has 0 aliphatic carbocycles. The molecule has 19 heavy (non-hydrogen) atoms. The fraction of sp³-hybridized carbons (Fsp3) is 0.800. The zero-order valence-corrected chi connectivity index (χ0v) is 14.2. The number of hydrogen-bond acceptors (Lipinski definition) is 3. The molecule has 2 heterocycles. The molecule has 1 saturated heterocycles. The maximum absolute atomic E-state index is 4.12. The van der Waals surface area contributed by atoms with Crippen LogP contribution in [0.1, 0.15) is 47.0 Å². The summed E-state index contributed by atoms with van der Waals surface area (Å²) in [6, 6.07) is 0. The molecule has 0 spiro atoms. The molecule has 0 aromatic carbocycles. The van der Waals surface area contributed by atoms with Crippen molar-refractivity contribution in [3.63, 3.8) is 0 Å². The first-order valence-electron chi connectivity index (χ1n) is 7.20. The van der Waals surface area contributed by atoms with Gasteiger partial charge in [-0.1, -0.05) is 27.7 Å². The summed E-state index contributed by atoms with van der Waals surface area (Å²) >= 11 is 4.41. The predicted molar refractivity (Wildman–Crippen MR) is 87.8 cm³/mol. The molecule has 108 valence electrons. The minimum atomic E-state index is 0.353. The summed E-state index contributed by atoms with van der Waals surface area (Å²) in [6.07, 6.45) is 9.73. The zero-order chi connectivity index (χ0) is 13.9. The summed E-state index contributed by atoms with van der Waals surface area (Å²) in [4.78, 5) is 4.12. The molecule has 1 aromatic heterocycles. The molecule has 1 aliphatic heterocycles. The molecule has 0 N–H and O–H groups in total. The van der Waals surface area contributed by atoms with Crippen LogP contribution in [-0.4, -0.2) is 24.6 Å². The zero-order valence-electron chi connectivity index (χ0n) is 12.6. The van der Waals surface area contributed by atoms with Crippen LogP contribution in [0.3, 0.4) is 0 Å². The van der Waals surface area contributed by atoms with Crippen LogP contribution in [0.5, 0.6) is 0 Å². The van der Waals surface area contributed by atoms with Crippen molar-refractivity contribution in [2.45, 2.75) is 62.8 Å². The van der Waals surface area contributed by atoms with Crippen LogP contribution in [0.15, 0.2) is 18.7 Å². The number of thioether (sulfide) groups is 2. The highest BCUT2D eigenvalue weighted by Gasteiger charge is 2.45. The summed E-state index contributed by atoms with van der Waals surface area (Å²) in [5, 5.41) is 0.800. The van der Waals surface area contributed by atoms with Crippen LogP contribution in [0.25, 0.3) is 0 Å². The summed E-state index contributed by atoms with van der Waals surface area (Å²) in [6.45, 7) is 10.7. The van der Waals surface area contributed by atoms with Crippen molar-refractivity contribution in [2.24, 2.45) is 5.41 Å². The van der Waals surface area contributed by atoms with Gasteiger partial charge >= 0.3 is 0 Å². The Kier molecular flexibility index (Phi) is 4.93. The van der Waals surface area contributed by atoms with Crippen molar-refractivity contribution in [1.82, 2.24) is 9.55 Å². The molecule has 0 radical (unpaired) electrons. The number of imidazole rings is 1. The third-order valence-electron chi connectivity index (χ3n) is 3.88. The molecule has 2 rings (SSSR count). The van der Waals surface area contributed by atoms with Crippen molar-refractivity contribution in [1.29, 1.82) is 0 Å². The van der Waals surface area contributed by atoms with Gasteiger partial charge in [-0.05, 0) is 30.4 Å². The van der Waals surface area contributed by atoms with Gasteiger partial charge in [0.2, 0.25) is 0 Å². The number of hydrogen-bond donors (Lipinski definition) is 0. The fourth-order valence-electron chi connectivity index (χ4n) is 2.62. The molecule has 1 aromatic rings. The van der Waals surface area contributed by atoms with Crippen molar-refractivity contribution in [3.8, 4) is 0 Å². The van der Waals surface area contributed by atoms with E-state index in [1.165, 1.54) is 25.0 Å². The Bertz CT molecular complexity index is 383. The van der Waals surface area contributed by atoms with Crippen LogP contribution in [0, 0.1) is 5.41 Å². The van der Waals surface area contributed by atoms with Crippen LogP contribution in [0.4, 0.5) is 0 Å². The van der Waals surface area contributed by atoms with Gasteiger partial charge in [0.1, 0.15) is 0 Å². The highest BCUT2D eigenvalue weighted by atomic mass is 32.2. The van der Waals surface area contributed by atoms with E-state index in [4.69, 9.17) is 0 Å². The fourth-order valence-corrected chi connectivity index (χ4v) is 6.81. The molecule has 2 atom stereocenters. The second-order valence-corrected chi connectivity index (χ2v) is 9.86. The highest BCUT2D eigenvalue weighted by molar-refractivity contribution is 8.19. The van der Waals surface area contributed by atoms with E-state index in [9.17, 15) is 0 Å². The quantitative estimate of drug-likeness (QED) is 0.805. The van der Waals surface area contributed by atoms with Gasteiger partial charge in [0.05, 0.1) is 10.4 Å². The normalized spacial score (nSPS) is 28.5. The first-order valence-corrected chi connectivity index (χ1v) is 9.07. The van der Waals surface area contributed by atoms with Gasteiger partial charge in [-0.15, -0.1) is 23.5 Å². The van der Waals surface area contributed by atoms with E-state index >= 15 is 0 Å². The summed E-state index contributed by atoms with van der Waals surface area (Å²) in [7, 11) is 0. The molecule has 0 amide bonds. The summed E-state index contributed by atoms with van der Waals surface area (Å²) < 4.78 is 2.57. The third kappa shape index (κ3) is 3.72. The van der Waals surface area contributed by atoms with E-state index in [1.807, 2.05) is 12.5 Å². The lowest BCUT2D eigenvalue weighted by molar-refractivity contribution is 0.339. The van der Waals surface area contributed by atoms with Gasteiger partial charge in [0.25, 0.3) is 0 Å². The molecule has 1 aliphatic rings. The Morgan fingerprint density at radius 2 is 2.21 bits per heavy atom. The third-order valence-corrected chi connectivity index (χ3v) is 8.08. The van der Waals surface area contributed by atoms with Crippen LogP contribution in [-0.2, 0) is 6.54 Å². The predicted octanol–water partition coefficient (Wildman–Crippen LogP) is 4.66. The van der Waals surface area contributed by atoms with Gasteiger partial charge in [-0.3, -0.25) is 0 Å². The second kappa shape index (κ2) is 6.13. The molecule has 0 saturated carbocycles. The van der Waals surface area contributed by atoms with Gasteiger partial charge in [0.15, 0.2) is 0 Å². The van der Waals surface area contributed by atoms with E-state index in [1.54, 1.807) is 0 Å². The lowest BCUT2D eigenvalue weighted by Gasteiger charge is -2.48. The average molecular weight is 299 g/mol. The molecule has 0 bridgehead atoms. The molecular formula is C15H26N2S2. The molecule has 2 nitrogen and oxygen atoms in total. The number of rotatable bonds is 4. The van der Waals surface area contributed by atoms with Gasteiger partial charge < -0.3 is 4.57 Å². The van der Waals surface area contributed by atoms with Crippen molar-refractivity contribution in [3.05, 3.63) is 18.7 Å². The van der Waals surface area contributed by atoms with Gasteiger partial charge in [-0.25, -0.2) is 4.98 Å². The SMILES string of the molecule is CC1CCSC(CCCn2ccnc2)(C(C)(C)C)S1. The van der Waals surface area contributed by atoms with E-state index in [-0.39, 0.29) is 0 Å². The van der Waals surface area contributed by atoms with E-state index < -0.39 is 0 Å². The minimum absolute atomic E-state index is 0.353. The second-order valence-electron chi connectivity index (χ2n) is 6.47. The lowest BCUT2D eigenvalue weighted by atomic mass is 9.88. The smallest absolute Gasteiger partial charge is 0.0945 e. The Morgan fingerprint density at radius 3 is 2.79 bits per heavy atom. The Hall–Kier alpha value is -0.0900.